The molecule has 0 bridgehead atoms. The fraction of sp³-hybridized carbons (Fsp3) is 0.353. The van der Waals surface area contributed by atoms with Crippen LogP contribution in [0, 0.1) is 12.3 Å². The topological polar surface area (TPSA) is 139 Å². The van der Waals surface area contributed by atoms with Crippen LogP contribution in [-0.2, 0) is 16.4 Å². The lowest BCUT2D eigenvalue weighted by atomic mass is 9.99. The van der Waals surface area contributed by atoms with Crippen LogP contribution >= 0.6 is 0 Å². The van der Waals surface area contributed by atoms with Gasteiger partial charge in [-0.25, -0.2) is 13.4 Å². The lowest BCUT2D eigenvalue weighted by molar-refractivity contribution is 0.0635. The average Bonchev–Trinajstić information content (AvgIpc) is 3.04. The van der Waals surface area contributed by atoms with E-state index in [1.807, 2.05) is 13.8 Å². The maximum Gasteiger partial charge on any atom is 0.253 e. The molecule has 0 radical (unpaired) electrons. The van der Waals surface area contributed by atoms with Crippen LogP contribution in [0.1, 0.15) is 65.5 Å². The van der Waals surface area contributed by atoms with Crippen LogP contribution < -0.4 is 10.1 Å². The standard InChI is InChI=1S/C34H42N4O6S/c1-5-18-37(19-6-2)34(42)28-21-25(7-3)20-27(23-28)33(41)35-31(22-26-14-16-29(39)17-15-26)32(40)24-38(8-4)36-45(43,44)30-12-10-9-11-13-30/h3,9-17,20-21,23,31-32,36,39-40H,5-6,8,18-19,22,24H2,1-2,4H3,(H,35,41). The third-order valence-corrected chi connectivity index (χ3v) is 8.54. The zero-order valence-corrected chi connectivity index (χ0v) is 26.8. The Balaban J connectivity index is 1.89. The van der Waals surface area contributed by atoms with Crippen LogP contribution in [0.15, 0.2) is 77.7 Å². The molecule has 0 saturated heterocycles. The van der Waals surface area contributed by atoms with Gasteiger partial charge in [0, 0.05) is 42.9 Å². The molecule has 3 aromatic carbocycles. The molecule has 0 fully saturated rings. The maximum atomic E-state index is 13.7. The van der Waals surface area contributed by atoms with Gasteiger partial charge in [0.1, 0.15) is 5.75 Å². The summed E-state index contributed by atoms with van der Waals surface area (Å²) in [6.07, 6.45) is 6.17. The maximum absolute atomic E-state index is 13.7. The van der Waals surface area contributed by atoms with Crippen molar-refractivity contribution in [1.29, 1.82) is 0 Å². The first-order valence-electron chi connectivity index (χ1n) is 15.0. The second-order valence-corrected chi connectivity index (χ2v) is 12.4. The first-order valence-corrected chi connectivity index (χ1v) is 16.5. The molecular weight excluding hydrogens is 592 g/mol. The van der Waals surface area contributed by atoms with Gasteiger partial charge in [0.05, 0.1) is 17.0 Å². The lowest BCUT2D eigenvalue weighted by Crippen LogP contribution is -2.53. The van der Waals surface area contributed by atoms with E-state index in [1.54, 1.807) is 48.2 Å². The molecular formula is C34H42N4O6S. The number of sulfonamides is 1. The highest BCUT2D eigenvalue weighted by molar-refractivity contribution is 7.89. The Labute approximate surface area is 266 Å². The summed E-state index contributed by atoms with van der Waals surface area (Å²) in [7, 11) is -3.91. The summed E-state index contributed by atoms with van der Waals surface area (Å²) in [5.41, 5.74) is 1.53. The number of aromatic hydroxyl groups is 1. The van der Waals surface area contributed by atoms with Gasteiger partial charge < -0.3 is 20.4 Å². The molecule has 4 N–H and O–H groups in total. The van der Waals surface area contributed by atoms with Gasteiger partial charge in [0.2, 0.25) is 0 Å². The van der Waals surface area contributed by atoms with Crippen molar-refractivity contribution in [2.45, 2.75) is 57.1 Å². The Bertz CT molecular complexity index is 1570. The van der Waals surface area contributed by atoms with Crippen LogP contribution in [0.5, 0.6) is 5.75 Å². The van der Waals surface area contributed by atoms with Crippen LogP contribution in [0.25, 0.3) is 0 Å². The molecule has 0 aliphatic rings. The molecule has 0 aliphatic heterocycles. The van der Waals surface area contributed by atoms with Crippen molar-refractivity contribution < 1.29 is 28.2 Å². The first kappa shape index (κ1) is 35.3. The summed E-state index contributed by atoms with van der Waals surface area (Å²) in [5, 5.41) is 25.4. The molecule has 45 heavy (non-hydrogen) atoms. The second kappa shape index (κ2) is 16.7. The summed E-state index contributed by atoms with van der Waals surface area (Å²) in [4.78, 5) is 31.3. The SMILES string of the molecule is C#Cc1cc(C(=O)NC(Cc2ccc(O)cc2)C(O)CN(CC)NS(=O)(=O)c2ccccc2)cc(C(=O)N(CCC)CCC)c1. The van der Waals surface area contributed by atoms with Crippen molar-refractivity contribution in [2.75, 3.05) is 26.2 Å². The number of nitrogens with zero attached hydrogens (tertiary/aromatic N) is 2. The van der Waals surface area contributed by atoms with Gasteiger partial charge in [-0.1, -0.05) is 57.0 Å². The summed E-state index contributed by atoms with van der Waals surface area (Å²) < 4.78 is 25.9. The Morgan fingerprint density at radius 1 is 0.933 bits per heavy atom. The number of aliphatic hydroxyl groups excluding tert-OH is 1. The molecule has 3 aromatic rings. The van der Waals surface area contributed by atoms with Gasteiger partial charge in [-0.15, -0.1) is 11.3 Å². The van der Waals surface area contributed by atoms with Gasteiger partial charge in [0.25, 0.3) is 21.8 Å². The Hall–Kier alpha value is -4.21. The monoisotopic (exact) mass is 634 g/mol. The Kier molecular flexibility index (Phi) is 13.1. The van der Waals surface area contributed by atoms with E-state index in [1.165, 1.54) is 41.4 Å². The quantitative estimate of drug-likeness (QED) is 0.140. The predicted octanol–water partition coefficient (Wildman–Crippen LogP) is 3.55. The smallest absolute Gasteiger partial charge is 0.253 e. The van der Waals surface area contributed by atoms with Crippen molar-refractivity contribution >= 4 is 21.8 Å². The molecule has 2 unspecified atom stereocenters. The predicted molar refractivity (Wildman–Crippen MR) is 174 cm³/mol. The largest absolute Gasteiger partial charge is 0.508 e. The number of benzene rings is 3. The highest BCUT2D eigenvalue weighted by Crippen LogP contribution is 2.17. The first-order chi connectivity index (χ1) is 21.5. The Morgan fingerprint density at radius 3 is 2.13 bits per heavy atom. The Morgan fingerprint density at radius 2 is 1.56 bits per heavy atom. The molecule has 240 valence electrons. The number of hydrogen-bond donors (Lipinski definition) is 4. The van der Waals surface area contributed by atoms with E-state index in [4.69, 9.17) is 6.42 Å². The van der Waals surface area contributed by atoms with E-state index in [0.29, 0.717) is 29.8 Å². The van der Waals surface area contributed by atoms with Crippen LogP contribution in [0.3, 0.4) is 0 Å². The molecule has 0 spiro atoms. The van der Waals surface area contributed by atoms with Crippen molar-refractivity contribution in [2.24, 2.45) is 0 Å². The third kappa shape index (κ3) is 10.2. The normalized spacial score (nSPS) is 12.7. The van der Waals surface area contributed by atoms with Gasteiger partial charge in [0.15, 0.2) is 0 Å². The number of terminal acetylenes is 1. The van der Waals surface area contributed by atoms with Gasteiger partial charge in [-0.3, -0.25) is 9.59 Å². The number of carbonyl (C=O) groups is 2. The van der Waals surface area contributed by atoms with E-state index in [0.717, 1.165) is 12.8 Å². The number of rotatable bonds is 16. The van der Waals surface area contributed by atoms with E-state index in [-0.39, 0.29) is 41.6 Å². The average molecular weight is 635 g/mol. The number of phenolic OH excluding ortho intramolecular Hbond substituents is 1. The fourth-order valence-corrected chi connectivity index (χ4v) is 5.99. The van der Waals surface area contributed by atoms with Crippen LogP contribution in [-0.4, -0.2) is 78.7 Å². The minimum Gasteiger partial charge on any atom is -0.508 e. The minimum absolute atomic E-state index is 0.0656. The molecule has 0 aliphatic carbocycles. The third-order valence-electron chi connectivity index (χ3n) is 7.15. The van der Waals surface area contributed by atoms with E-state index in [9.17, 15) is 28.2 Å². The highest BCUT2D eigenvalue weighted by atomic mass is 32.2. The van der Waals surface area contributed by atoms with Crippen LogP contribution in [0.2, 0.25) is 0 Å². The minimum atomic E-state index is -3.91. The molecule has 0 aromatic heterocycles. The molecule has 2 atom stereocenters. The molecule has 3 rings (SSSR count). The number of phenols is 1. The molecule has 0 heterocycles. The van der Waals surface area contributed by atoms with Crippen molar-refractivity contribution in [1.82, 2.24) is 20.1 Å². The number of hydrazine groups is 1. The fourth-order valence-electron chi connectivity index (χ4n) is 4.83. The zero-order chi connectivity index (χ0) is 33.0. The van der Waals surface area contributed by atoms with Crippen molar-refractivity contribution in [3.63, 3.8) is 0 Å². The van der Waals surface area contributed by atoms with Gasteiger partial charge in [-0.2, -0.15) is 0 Å². The van der Waals surface area contributed by atoms with E-state index < -0.39 is 28.1 Å². The summed E-state index contributed by atoms with van der Waals surface area (Å²) in [6, 6.07) is 17.9. The zero-order valence-electron chi connectivity index (χ0n) is 25.9. The molecule has 2 amide bonds. The van der Waals surface area contributed by atoms with Crippen LogP contribution in [0.4, 0.5) is 0 Å². The summed E-state index contributed by atoms with van der Waals surface area (Å²) in [6.45, 7) is 6.91. The van der Waals surface area contributed by atoms with Crippen molar-refractivity contribution in [3.05, 3.63) is 95.1 Å². The number of amides is 2. The van der Waals surface area contributed by atoms with E-state index in [2.05, 4.69) is 16.1 Å². The summed E-state index contributed by atoms with van der Waals surface area (Å²) >= 11 is 0. The lowest BCUT2D eigenvalue weighted by Gasteiger charge is -2.30. The number of carbonyl (C=O) groups excluding carboxylic acids is 2. The second-order valence-electron chi connectivity index (χ2n) is 10.7. The molecule has 11 heteroatoms. The number of nitrogens with one attached hydrogen (secondary N) is 2. The van der Waals surface area contributed by atoms with Crippen molar-refractivity contribution in [3.8, 4) is 18.1 Å². The van der Waals surface area contributed by atoms with E-state index >= 15 is 0 Å². The number of hydrogen-bond acceptors (Lipinski definition) is 7. The van der Waals surface area contributed by atoms with Gasteiger partial charge >= 0.3 is 0 Å². The highest BCUT2D eigenvalue weighted by Gasteiger charge is 2.27. The number of likely N-dealkylation sites (N-methyl/N-ethyl adjacent to an activating group) is 1. The number of aliphatic hydroxyl groups is 1. The molecule has 0 saturated carbocycles. The molecule has 10 nitrogen and oxygen atoms in total. The van der Waals surface area contributed by atoms with Gasteiger partial charge in [-0.05, 0) is 67.3 Å². The summed E-state index contributed by atoms with van der Waals surface area (Å²) in [5.74, 6) is 1.79.